The summed E-state index contributed by atoms with van der Waals surface area (Å²) >= 11 is 0. The van der Waals surface area contributed by atoms with Gasteiger partial charge in [0.25, 0.3) is 0 Å². The highest BCUT2D eigenvalue weighted by atomic mass is 19.4. The van der Waals surface area contributed by atoms with Gasteiger partial charge >= 0.3 is 6.36 Å². The molecule has 0 aliphatic carbocycles. The quantitative estimate of drug-likeness (QED) is 0.517. The molecule has 0 amide bonds. The number of hydrogen-bond acceptors (Lipinski definition) is 6. The van der Waals surface area contributed by atoms with Crippen molar-refractivity contribution in [3.63, 3.8) is 0 Å². The zero-order valence-electron chi connectivity index (χ0n) is 19.6. The molecule has 186 valence electrons. The molecule has 4 rings (SSSR count). The lowest BCUT2D eigenvalue weighted by Crippen LogP contribution is -2.38. The number of hydrogen-bond donors (Lipinski definition) is 0. The number of ether oxygens (including phenoxy) is 5. The van der Waals surface area contributed by atoms with E-state index >= 15 is 0 Å². The summed E-state index contributed by atoms with van der Waals surface area (Å²) in [4.78, 5) is 2.28. The van der Waals surface area contributed by atoms with E-state index < -0.39 is 17.8 Å². The van der Waals surface area contributed by atoms with Gasteiger partial charge in [0.05, 0.1) is 6.61 Å². The van der Waals surface area contributed by atoms with Gasteiger partial charge in [-0.05, 0) is 69.3 Å². The van der Waals surface area contributed by atoms with E-state index in [4.69, 9.17) is 18.9 Å². The fourth-order valence-corrected chi connectivity index (χ4v) is 4.18. The first-order valence-corrected chi connectivity index (χ1v) is 11.3. The Hall–Kier alpha value is -2.65. The van der Waals surface area contributed by atoms with Crippen molar-refractivity contribution in [2.75, 3.05) is 31.2 Å². The lowest BCUT2D eigenvalue weighted by Gasteiger charge is -2.34. The fraction of sp³-hybridized carbons (Fsp3) is 0.520. The zero-order valence-corrected chi connectivity index (χ0v) is 19.6. The van der Waals surface area contributed by atoms with Gasteiger partial charge in [-0.25, -0.2) is 0 Å². The van der Waals surface area contributed by atoms with Crippen LogP contribution >= 0.6 is 0 Å². The van der Waals surface area contributed by atoms with Gasteiger partial charge in [-0.2, -0.15) is 0 Å². The Balaban J connectivity index is 1.23. The number of anilines is 1. The number of nitrogens with zero attached hydrogens (tertiary/aromatic N) is 1. The van der Waals surface area contributed by atoms with Gasteiger partial charge in [-0.1, -0.05) is 0 Å². The first-order chi connectivity index (χ1) is 16.0. The van der Waals surface area contributed by atoms with Crippen molar-refractivity contribution in [1.82, 2.24) is 0 Å². The maximum atomic E-state index is 12.3. The Kier molecular flexibility index (Phi) is 6.87. The van der Waals surface area contributed by atoms with Crippen LogP contribution < -0.4 is 19.1 Å². The minimum absolute atomic E-state index is 0.00636. The Bertz CT molecular complexity index is 941. The summed E-state index contributed by atoms with van der Waals surface area (Å²) in [6.45, 7) is 8.29. The molecule has 2 aromatic rings. The summed E-state index contributed by atoms with van der Waals surface area (Å²) in [7, 11) is 0. The Morgan fingerprint density at radius 3 is 2.06 bits per heavy atom. The van der Waals surface area contributed by atoms with Crippen LogP contribution in [0.5, 0.6) is 17.2 Å². The van der Waals surface area contributed by atoms with E-state index in [-0.39, 0.29) is 11.9 Å². The first-order valence-electron chi connectivity index (χ1n) is 11.3. The summed E-state index contributed by atoms with van der Waals surface area (Å²) in [5.74, 6) is 0.449. The van der Waals surface area contributed by atoms with Gasteiger partial charge in [0.1, 0.15) is 35.6 Å². The average Bonchev–Trinajstić information content (AvgIpc) is 3.07. The molecule has 2 aliphatic rings. The maximum absolute atomic E-state index is 12.3. The highest BCUT2D eigenvalue weighted by molar-refractivity contribution is 5.49. The third-order valence-electron chi connectivity index (χ3n) is 5.77. The molecule has 0 radical (unpaired) electrons. The molecule has 2 fully saturated rings. The fourth-order valence-electron chi connectivity index (χ4n) is 4.18. The lowest BCUT2D eigenvalue weighted by molar-refractivity contribution is -0.274. The van der Waals surface area contributed by atoms with Crippen LogP contribution in [-0.2, 0) is 9.47 Å². The van der Waals surface area contributed by atoms with E-state index in [1.165, 1.54) is 24.3 Å². The Labute approximate surface area is 197 Å². The molecule has 0 N–H and O–H groups in total. The molecule has 0 saturated carbocycles. The highest BCUT2D eigenvalue weighted by Crippen LogP contribution is 2.32. The Morgan fingerprint density at radius 1 is 0.912 bits per heavy atom. The summed E-state index contributed by atoms with van der Waals surface area (Å²) < 4.78 is 64.2. The van der Waals surface area contributed by atoms with Crippen molar-refractivity contribution < 1.29 is 36.9 Å². The maximum Gasteiger partial charge on any atom is 0.573 e. The summed E-state index contributed by atoms with van der Waals surface area (Å²) in [6.07, 6.45) is -3.07. The molecule has 2 aliphatic heterocycles. The standard InChI is InChI=1S/C25H30F3NO5/c1-23(2)31-17-24(3,34-23)16-30-19-6-4-18(5-7-19)29-14-12-21(13-15-29)32-20-8-10-22(11-9-20)33-25(26,27)28/h4-11,21H,12-17H2,1-3H3/t24-/m0/s1. The molecule has 6 nitrogen and oxygen atoms in total. The number of benzene rings is 2. The van der Waals surface area contributed by atoms with Crippen molar-refractivity contribution in [2.24, 2.45) is 0 Å². The van der Waals surface area contributed by atoms with Crippen LogP contribution in [0.25, 0.3) is 0 Å². The zero-order chi connectivity index (χ0) is 24.4. The number of rotatable bonds is 7. The molecule has 2 saturated heterocycles. The van der Waals surface area contributed by atoms with Crippen LogP contribution in [0, 0.1) is 0 Å². The van der Waals surface area contributed by atoms with Gasteiger partial charge in [0, 0.05) is 31.6 Å². The van der Waals surface area contributed by atoms with E-state index in [0.29, 0.717) is 19.0 Å². The van der Waals surface area contributed by atoms with E-state index in [0.717, 1.165) is 37.4 Å². The lowest BCUT2D eigenvalue weighted by atomic mass is 10.1. The molecule has 0 unspecified atom stereocenters. The SMILES string of the molecule is CC1(C)OC[C@](C)(COc2ccc(N3CCC(Oc4ccc(OC(F)(F)F)cc4)CC3)cc2)O1. The molecule has 1 atom stereocenters. The molecule has 0 bridgehead atoms. The molecule has 2 heterocycles. The molecular formula is C25H30F3NO5. The topological polar surface area (TPSA) is 49.4 Å². The highest BCUT2D eigenvalue weighted by Gasteiger charge is 2.42. The van der Waals surface area contributed by atoms with Crippen LogP contribution in [0.2, 0.25) is 0 Å². The monoisotopic (exact) mass is 481 g/mol. The number of piperidine rings is 1. The number of halogens is 3. The van der Waals surface area contributed by atoms with Crippen molar-refractivity contribution >= 4 is 5.69 Å². The van der Waals surface area contributed by atoms with Crippen LogP contribution in [0.15, 0.2) is 48.5 Å². The second-order valence-electron chi connectivity index (χ2n) is 9.35. The largest absolute Gasteiger partial charge is 0.573 e. The van der Waals surface area contributed by atoms with Crippen molar-refractivity contribution in [2.45, 2.75) is 57.5 Å². The van der Waals surface area contributed by atoms with Gasteiger partial charge in [-0.3, -0.25) is 0 Å². The number of alkyl halides is 3. The predicted molar refractivity (Wildman–Crippen MR) is 120 cm³/mol. The first kappa shape index (κ1) is 24.5. The van der Waals surface area contributed by atoms with E-state index in [1.54, 1.807) is 0 Å². The average molecular weight is 482 g/mol. The minimum Gasteiger partial charge on any atom is -0.490 e. The van der Waals surface area contributed by atoms with E-state index in [9.17, 15) is 13.2 Å². The van der Waals surface area contributed by atoms with Gasteiger partial charge in [-0.15, -0.1) is 13.2 Å². The molecule has 0 spiro atoms. The van der Waals surface area contributed by atoms with E-state index in [1.807, 2.05) is 45.0 Å². The summed E-state index contributed by atoms with van der Waals surface area (Å²) in [5.41, 5.74) is 0.627. The molecule has 34 heavy (non-hydrogen) atoms. The van der Waals surface area contributed by atoms with Crippen molar-refractivity contribution in [3.8, 4) is 17.2 Å². The van der Waals surface area contributed by atoms with E-state index in [2.05, 4.69) is 9.64 Å². The molecular weight excluding hydrogens is 451 g/mol. The summed E-state index contributed by atoms with van der Waals surface area (Å²) in [6, 6.07) is 13.5. The third kappa shape index (κ3) is 6.70. The van der Waals surface area contributed by atoms with Gasteiger partial charge in [0.15, 0.2) is 5.79 Å². The van der Waals surface area contributed by atoms with Crippen LogP contribution in [-0.4, -0.2) is 50.2 Å². The third-order valence-corrected chi connectivity index (χ3v) is 5.77. The Morgan fingerprint density at radius 2 is 1.50 bits per heavy atom. The van der Waals surface area contributed by atoms with Crippen LogP contribution in [0.4, 0.5) is 18.9 Å². The van der Waals surface area contributed by atoms with Crippen molar-refractivity contribution in [3.05, 3.63) is 48.5 Å². The van der Waals surface area contributed by atoms with Crippen LogP contribution in [0.3, 0.4) is 0 Å². The smallest absolute Gasteiger partial charge is 0.490 e. The molecule has 2 aromatic carbocycles. The predicted octanol–water partition coefficient (Wildman–Crippen LogP) is 5.55. The van der Waals surface area contributed by atoms with Crippen molar-refractivity contribution in [1.29, 1.82) is 0 Å². The summed E-state index contributed by atoms with van der Waals surface area (Å²) in [5, 5.41) is 0. The van der Waals surface area contributed by atoms with Gasteiger partial charge < -0.3 is 28.6 Å². The van der Waals surface area contributed by atoms with Crippen LogP contribution in [0.1, 0.15) is 33.6 Å². The minimum atomic E-state index is -4.70. The molecule has 0 aromatic heterocycles. The van der Waals surface area contributed by atoms with Gasteiger partial charge in [0.2, 0.25) is 0 Å². The molecule has 9 heteroatoms. The second kappa shape index (κ2) is 9.54. The normalized spacial score (nSPS) is 23.1. The second-order valence-corrected chi connectivity index (χ2v) is 9.35.